The van der Waals surface area contributed by atoms with Gasteiger partial charge in [0, 0.05) is 0 Å². The molecule has 15 atom stereocenters. The number of benzene rings is 4. The Morgan fingerprint density at radius 2 is 0.943 bits per heavy atom. The number of carbonyl (C=O) groups is 1. The molecule has 4 aromatic rings. The third kappa shape index (κ3) is 16.2. The zero-order valence-electron chi connectivity index (χ0n) is 53.3. The maximum absolute atomic E-state index is 14.7. The summed E-state index contributed by atoms with van der Waals surface area (Å²) in [5, 5.41) is 13.1. The highest BCUT2D eigenvalue weighted by Crippen LogP contribution is 2.46. The van der Waals surface area contributed by atoms with Crippen LogP contribution in [0.2, 0.25) is 33.2 Å². The fourth-order valence-corrected chi connectivity index (χ4v) is 27.3. The molecule has 2 N–H and O–H groups in total. The lowest BCUT2D eigenvalue weighted by Crippen LogP contribution is -2.68. The largest absolute Gasteiger partial charge is 0.509 e. The molecule has 4 heterocycles. The average molecular weight is 1280 g/mol. The molecule has 4 fully saturated rings. The van der Waals surface area contributed by atoms with Crippen molar-refractivity contribution in [2.45, 2.75) is 246 Å². The van der Waals surface area contributed by atoms with Gasteiger partial charge in [0.1, 0.15) is 48.2 Å². The molecule has 17 nitrogen and oxygen atoms in total. The zero-order valence-corrected chi connectivity index (χ0v) is 56.9. The van der Waals surface area contributed by atoms with Crippen molar-refractivity contribution in [1.29, 1.82) is 0 Å². The summed E-state index contributed by atoms with van der Waals surface area (Å²) in [5.41, 5.74) is 2.98. The van der Waals surface area contributed by atoms with Crippen molar-refractivity contribution in [1.82, 2.24) is 4.72 Å². The van der Waals surface area contributed by atoms with E-state index in [1.54, 1.807) is 18.2 Å². The molecule has 0 amide bonds. The van der Waals surface area contributed by atoms with Crippen LogP contribution in [0.15, 0.2) is 126 Å². The van der Waals surface area contributed by atoms with Crippen LogP contribution in [0.5, 0.6) is 0 Å². The van der Waals surface area contributed by atoms with Crippen molar-refractivity contribution in [3.63, 3.8) is 0 Å². The Morgan fingerprint density at radius 1 is 0.529 bits per heavy atom. The van der Waals surface area contributed by atoms with Gasteiger partial charge in [0.2, 0.25) is 10.0 Å². The second kappa shape index (κ2) is 31.1. The summed E-state index contributed by atoms with van der Waals surface area (Å²) in [7, 11) is -9.51. The third-order valence-electron chi connectivity index (χ3n) is 18.0. The van der Waals surface area contributed by atoms with Gasteiger partial charge in [-0.1, -0.05) is 199 Å². The van der Waals surface area contributed by atoms with Crippen molar-refractivity contribution in [2.75, 3.05) is 19.0 Å². The van der Waals surface area contributed by atoms with E-state index >= 15 is 0 Å². The van der Waals surface area contributed by atoms with Crippen LogP contribution >= 0.6 is 11.8 Å². The molecule has 0 radical (unpaired) electrons. The van der Waals surface area contributed by atoms with Crippen LogP contribution in [0.1, 0.15) is 114 Å². The van der Waals surface area contributed by atoms with Crippen molar-refractivity contribution in [3.8, 4) is 0 Å². The molecule has 0 aliphatic carbocycles. The fourth-order valence-electron chi connectivity index (χ4n) is 14.0. The van der Waals surface area contributed by atoms with Crippen LogP contribution in [0.3, 0.4) is 0 Å². The molecule has 21 heteroatoms. The quantitative estimate of drug-likeness (QED) is 0.0369. The smallest absolute Gasteiger partial charge is 0.424 e. The van der Waals surface area contributed by atoms with E-state index in [0.717, 1.165) is 16.7 Å². The van der Waals surface area contributed by atoms with Crippen LogP contribution in [0.4, 0.5) is 4.79 Å². The van der Waals surface area contributed by atoms with E-state index in [1.165, 1.54) is 23.9 Å². The van der Waals surface area contributed by atoms with Gasteiger partial charge in [0.15, 0.2) is 47.5 Å². The Kier molecular flexibility index (Phi) is 24.8. The third-order valence-corrected chi connectivity index (χ3v) is 32.7. The first-order chi connectivity index (χ1) is 41.5. The molecule has 0 unspecified atom stereocenters. The number of hydrogen-bond donors (Lipinski definition) is 2. The lowest BCUT2D eigenvalue weighted by atomic mass is 9.95. The Hall–Kier alpha value is -3.60. The highest BCUT2D eigenvalue weighted by Gasteiger charge is 2.61. The van der Waals surface area contributed by atoms with Gasteiger partial charge in [-0.15, -0.1) is 11.8 Å². The molecule has 4 aromatic carbocycles. The fraction of sp³-hybridized carbons (Fsp3) is 0.621. The molecule has 0 bridgehead atoms. The van der Waals surface area contributed by atoms with Crippen LogP contribution in [0.25, 0.3) is 0 Å². The summed E-state index contributed by atoms with van der Waals surface area (Å²) in [5.74, 6) is 0.508. The van der Waals surface area contributed by atoms with E-state index in [0.29, 0.717) is 5.75 Å². The molecule has 8 rings (SSSR count). The van der Waals surface area contributed by atoms with Gasteiger partial charge >= 0.3 is 6.16 Å². The number of hydrogen-bond acceptors (Lipinski definition) is 17. The first kappa shape index (κ1) is 69.3. The molecule has 4 aliphatic heterocycles. The maximum atomic E-state index is 14.7. The van der Waals surface area contributed by atoms with Gasteiger partial charge in [-0.2, -0.15) is 0 Å². The number of fused-ring (bicyclic) bond motifs is 1. The van der Waals surface area contributed by atoms with Crippen molar-refractivity contribution >= 4 is 44.6 Å². The molecular weight excluding hydrogens is 1180 g/mol. The second-order valence-electron chi connectivity index (χ2n) is 25.4. The van der Waals surface area contributed by atoms with E-state index in [1.807, 2.05) is 105 Å². The van der Waals surface area contributed by atoms with Gasteiger partial charge in [-0.25, -0.2) is 17.9 Å². The Bertz CT molecular complexity index is 2780. The summed E-state index contributed by atoms with van der Waals surface area (Å²) in [6, 6.07) is 36.2. The Labute approximate surface area is 524 Å². The standard InChI is InChI=1S/C66H97NO16S2Si2/c1-15-84-65-54(67-85(70,71)51-34-26-19-27-35-51)58(55(68)52(79-65)39-75-86(41(2)3,42(4)5)43(6)7)80-64-62(60-57(82-66(69)83-60)53(78-64)40-76-87(44(8)9,45(10)11)46(12)13)81-63-61(74-38-50-32-24-18-25-33-50)59(73-37-49-30-22-17-23-31-49)56(47(14)77-63)72-36-48-28-20-16-21-29-48/h16-35,41-47,52-65,67-68H,15,36-40H2,1-14H3/t47-,52+,53+,54+,55+,56+,57-,58+,59+,60-,61-,62+,63-,64-,65-/m0/s1. The van der Waals surface area contributed by atoms with E-state index in [4.69, 9.17) is 56.2 Å². The number of sulfonamides is 1. The lowest BCUT2D eigenvalue weighted by Gasteiger charge is -2.51. The van der Waals surface area contributed by atoms with Crippen LogP contribution in [0, 0.1) is 0 Å². The molecule has 0 spiro atoms. The molecule has 0 aromatic heterocycles. The van der Waals surface area contributed by atoms with E-state index in [2.05, 4.69) is 87.8 Å². The molecule has 87 heavy (non-hydrogen) atoms. The van der Waals surface area contributed by atoms with Gasteiger partial charge in [0.05, 0.1) is 50.1 Å². The second-order valence-corrected chi connectivity index (χ2v) is 39.4. The number of thioether (sulfide) groups is 1. The molecule has 4 aliphatic rings. The average Bonchev–Trinajstić information content (AvgIpc) is 1.84. The van der Waals surface area contributed by atoms with Gasteiger partial charge < -0.3 is 61.3 Å². The van der Waals surface area contributed by atoms with E-state index in [9.17, 15) is 18.3 Å². The van der Waals surface area contributed by atoms with Gasteiger partial charge in [-0.05, 0) is 74.7 Å². The predicted molar refractivity (Wildman–Crippen MR) is 340 cm³/mol. The van der Waals surface area contributed by atoms with E-state index < -0.39 is 124 Å². The summed E-state index contributed by atoms with van der Waals surface area (Å²) in [6.45, 7) is 30.6. The molecular formula is C66H97NO16S2Si2. The number of ether oxygens (including phenoxy) is 10. The molecule has 0 saturated carbocycles. The number of carbonyl (C=O) groups excluding carboxylic acids is 1. The summed E-state index contributed by atoms with van der Waals surface area (Å²) < 4.78 is 116. The summed E-state index contributed by atoms with van der Waals surface area (Å²) in [4.78, 5) is 13.9. The molecule has 4 saturated heterocycles. The normalized spacial score (nSPS) is 29.1. The number of nitrogens with one attached hydrogen (secondary N) is 1. The minimum absolute atomic E-state index is 0.00276. The summed E-state index contributed by atoms with van der Waals surface area (Å²) >= 11 is 1.37. The number of aliphatic hydroxyl groups excluding tert-OH is 1. The first-order valence-corrected chi connectivity index (χ1v) is 38.1. The topological polar surface area (TPSA) is 194 Å². The minimum atomic E-state index is -4.31. The molecule has 482 valence electrons. The highest BCUT2D eigenvalue weighted by atomic mass is 32.2. The maximum Gasteiger partial charge on any atom is 0.509 e. The number of rotatable bonds is 30. The van der Waals surface area contributed by atoms with Gasteiger partial charge in [0.25, 0.3) is 0 Å². The predicted octanol–water partition coefficient (Wildman–Crippen LogP) is 12.5. The van der Waals surface area contributed by atoms with Gasteiger partial charge in [-0.3, -0.25) is 0 Å². The van der Waals surface area contributed by atoms with Crippen LogP contribution in [-0.4, -0.2) is 146 Å². The minimum Gasteiger partial charge on any atom is -0.424 e. The van der Waals surface area contributed by atoms with Crippen molar-refractivity contribution in [2.24, 2.45) is 0 Å². The monoisotopic (exact) mass is 1280 g/mol. The highest BCUT2D eigenvalue weighted by molar-refractivity contribution is 7.99. The first-order valence-electron chi connectivity index (χ1n) is 31.3. The lowest BCUT2D eigenvalue weighted by molar-refractivity contribution is -0.375. The Balaban J connectivity index is 1.25. The van der Waals surface area contributed by atoms with Crippen LogP contribution in [-0.2, 0) is 86.1 Å². The zero-order chi connectivity index (χ0) is 62.8. The van der Waals surface area contributed by atoms with Crippen molar-refractivity contribution in [3.05, 3.63) is 138 Å². The van der Waals surface area contributed by atoms with E-state index in [-0.39, 0.29) is 71.2 Å². The SMILES string of the molecule is CCS[C@@H]1O[C@H](CO[Si](C(C)C)(C(C)C)C(C)C)[C@@H](O)[C@H](O[C@@H]2O[C@H](CO[Si](C(C)C)(C(C)C)C(C)C)[C@@H]3OC(=O)O[C@@H]3[C@H]2O[C@@H]2O[C@@H](C)[C@@H](OCc3ccccc3)[C@@H](OCc3ccccc3)[C@@H]2OCc2ccccc2)[C@H]1NS(=O)(=O)c1ccccc1. The Morgan fingerprint density at radius 3 is 1.41 bits per heavy atom. The summed E-state index contributed by atoms with van der Waals surface area (Å²) in [6.07, 6.45) is -15.7. The number of aliphatic hydroxyl groups is 1. The van der Waals surface area contributed by atoms with Crippen LogP contribution < -0.4 is 4.72 Å². The van der Waals surface area contributed by atoms with Crippen molar-refractivity contribution < 1.29 is 74.5 Å².